The summed E-state index contributed by atoms with van der Waals surface area (Å²) in [6.45, 7) is 7.35. The lowest BCUT2D eigenvalue weighted by atomic mass is 9.78. The van der Waals surface area contributed by atoms with Gasteiger partial charge in [0.15, 0.2) is 0 Å². The quantitative estimate of drug-likeness (QED) is 0.0923. The summed E-state index contributed by atoms with van der Waals surface area (Å²) in [4.78, 5) is 0. The van der Waals surface area contributed by atoms with Crippen LogP contribution in [0.5, 0.6) is 0 Å². The number of hydrogen-bond acceptors (Lipinski definition) is 1. The molecule has 0 aromatic carbocycles. The Balaban J connectivity index is 4.68. The smallest absolute Gasteiger partial charge is 0.0431 e. The van der Waals surface area contributed by atoms with Crippen LogP contribution in [-0.2, 0) is 0 Å². The van der Waals surface area contributed by atoms with Crippen LogP contribution < -0.4 is 0 Å². The van der Waals surface area contributed by atoms with Gasteiger partial charge >= 0.3 is 0 Å². The van der Waals surface area contributed by atoms with Crippen LogP contribution in [0.2, 0.25) is 0 Å². The van der Waals surface area contributed by atoms with Crippen LogP contribution >= 0.6 is 0 Å². The molecule has 0 amide bonds. The normalized spacial score (nSPS) is 13.3. The zero-order valence-corrected chi connectivity index (χ0v) is 25.8. The zero-order chi connectivity index (χ0) is 26.4. The minimum absolute atomic E-state index is 0.375. The van der Waals surface area contributed by atoms with E-state index in [-0.39, 0.29) is 0 Å². The van der Waals surface area contributed by atoms with Crippen molar-refractivity contribution in [3.63, 3.8) is 0 Å². The average Bonchev–Trinajstić information content (AvgIpc) is 2.89. The molecule has 0 rings (SSSR count). The van der Waals surface area contributed by atoms with Gasteiger partial charge in [-0.05, 0) is 18.3 Å². The van der Waals surface area contributed by atoms with E-state index >= 15 is 0 Å². The minimum Gasteiger partial charge on any atom is -0.396 e. The summed E-state index contributed by atoms with van der Waals surface area (Å²) < 4.78 is 0. The summed E-state index contributed by atoms with van der Waals surface area (Å²) in [5.74, 6) is 1.97. The van der Waals surface area contributed by atoms with Gasteiger partial charge in [0.05, 0.1) is 0 Å². The Hall–Kier alpha value is -0.0400. The molecule has 1 N–H and O–H groups in total. The van der Waals surface area contributed by atoms with Gasteiger partial charge in [-0.2, -0.15) is 0 Å². The second-order valence-electron chi connectivity index (χ2n) is 12.2. The summed E-state index contributed by atoms with van der Waals surface area (Å²) in [5, 5.41) is 9.09. The summed E-state index contributed by atoms with van der Waals surface area (Å²) in [6, 6.07) is 0. The van der Waals surface area contributed by atoms with Crippen LogP contribution in [0.4, 0.5) is 0 Å². The molecule has 0 saturated carbocycles. The third-order valence-electron chi connectivity index (χ3n) is 8.69. The van der Waals surface area contributed by atoms with Gasteiger partial charge in [0.25, 0.3) is 0 Å². The molecule has 0 aromatic rings. The summed E-state index contributed by atoms with van der Waals surface area (Å²) in [5.41, 5.74) is 0. The first-order valence-corrected chi connectivity index (χ1v) is 17.4. The highest BCUT2D eigenvalue weighted by atomic mass is 16.2. The van der Waals surface area contributed by atoms with E-state index in [0.717, 1.165) is 18.3 Å². The van der Waals surface area contributed by atoms with Crippen molar-refractivity contribution in [3.05, 3.63) is 0 Å². The molecular formula is C35H72O. The van der Waals surface area contributed by atoms with Gasteiger partial charge in [-0.3, -0.25) is 0 Å². The predicted molar refractivity (Wildman–Crippen MR) is 165 cm³/mol. The summed E-state index contributed by atoms with van der Waals surface area (Å²) in [7, 11) is 0. The first-order chi connectivity index (χ1) is 17.8. The molecule has 0 fully saturated rings. The molecule has 36 heavy (non-hydrogen) atoms. The molecule has 0 aliphatic heterocycles. The second kappa shape index (κ2) is 31.2. The minimum atomic E-state index is 0.375. The Morgan fingerprint density at radius 3 is 0.778 bits per heavy atom. The van der Waals surface area contributed by atoms with Crippen molar-refractivity contribution in [3.8, 4) is 0 Å². The second-order valence-corrected chi connectivity index (χ2v) is 12.2. The van der Waals surface area contributed by atoms with E-state index < -0.39 is 0 Å². The van der Waals surface area contributed by atoms with Gasteiger partial charge in [0, 0.05) is 6.61 Å². The molecule has 2 unspecified atom stereocenters. The molecular weight excluding hydrogens is 436 g/mol. The molecule has 2 atom stereocenters. The number of unbranched alkanes of at least 4 members (excludes halogenated alkanes) is 21. The Morgan fingerprint density at radius 2 is 0.528 bits per heavy atom. The molecule has 0 radical (unpaired) electrons. The van der Waals surface area contributed by atoms with E-state index in [1.165, 1.54) is 180 Å². The number of aliphatic hydroxyl groups excluding tert-OH is 1. The van der Waals surface area contributed by atoms with Crippen LogP contribution in [0.15, 0.2) is 0 Å². The van der Waals surface area contributed by atoms with Crippen LogP contribution in [0, 0.1) is 11.8 Å². The molecule has 0 aromatic heterocycles. The van der Waals surface area contributed by atoms with Gasteiger partial charge in [-0.1, -0.05) is 201 Å². The fraction of sp³-hybridized carbons (Fsp3) is 1.00. The van der Waals surface area contributed by atoms with Crippen molar-refractivity contribution in [2.24, 2.45) is 11.8 Å². The Labute approximate surface area is 230 Å². The van der Waals surface area contributed by atoms with Crippen molar-refractivity contribution in [1.29, 1.82) is 0 Å². The van der Waals surface area contributed by atoms with E-state index in [1.54, 1.807) is 0 Å². The van der Waals surface area contributed by atoms with Gasteiger partial charge in [0.1, 0.15) is 0 Å². The molecule has 1 nitrogen and oxygen atoms in total. The third kappa shape index (κ3) is 25.6. The van der Waals surface area contributed by atoms with Crippen molar-refractivity contribution >= 4 is 0 Å². The van der Waals surface area contributed by atoms with E-state index in [2.05, 4.69) is 20.8 Å². The van der Waals surface area contributed by atoms with E-state index in [4.69, 9.17) is 5.11 Å². The molecule has 0 aliphatic rings. The van der Waals surface area contributed by atoms with Crippen molar-refractivity contribution in [2.75, 3.05) is 6.61 Å². The molecule has 0 heterocycles. The van der Waals surface area contributed by atoms with Gasteiger partial charge in [-0.15, -0.1) is 0 Å². The molecule has 218 valence electrons. The van der Waals surface area contributed by atoms with Gasteiger partial charge < -0.3 is 5.11 Å². The standard InChI is InChI=1S/C35H72O/c1-4-7-10-13-16-20-25-30-34(29-24-19-15-12-9-6-3)35(32-27-22-18-23-28-33-36)31-26-21-17-14-11-8-5-2/h34-36H,4-33H2,1-3H3. The maximum atomic E-state index is 9.09. The zero-order valence-electron chi connectivity index (χ0n) is 25.8. The maximum absolute atomic E-state index is 9.09. The van der Waals surface area contributed by atoms with Crippen molar-refractivity contribution in [2.45, 2.75) is 207 Å². The van der Waals surface area contributed by atoms with E-state index in [1.807, 2.05) is 0 Å². The number of hydrogen-bond donors (Lipinski definition) is 1. The Morgan fingerprint density at radius 1 is 0.306 bits per heavy atom. The molecule has 0 aliphatic carbocycles. The lowest BCUT2D eigenvalue weighted by molar-refractivity contribution is 0.235. The number of aliphatic hydroxyl groups is 1. The molecule has 0 bridgehead atoms. The number of rotatable bonds is 31. The first-order valence-electron chi connectivity index (χ1n) is 17.4. The molecule has 0 saturated heterocycles. The van der Waals surface area contributed by atoms with Gasteiger partial charge in [0.2, 0.25) is 0 Å². The van der Waals surface area contributed by atoms with Gasteiger partial charge in [-0.25, -0.2) is 0 Å². The highest BCUT2D eigenvalue weighted by Crippen LogP contribution is 2.33. The summed E-state index contributed by atoms with van der Waals surface area (Å²) >= 11 is 0. The lowest BCUT2D eigenvalue weighted by Gasteiger charge is -2.28. The average molecular weight is 509 g/mol. The third-order valence-corrected chi connectivity index (χ3v) is 8.69. The highest BCUT2D eigenvalue weighted by Gasteiger charge is 2.20. The fourth-order valence-electron chi connectivity index (χ4n) is 6.19. The fourth-order valence-corrected chi connectivity index (χ4v) is 6.19. The maximum Gasteiger partial charge on any atom is 0.0431 e. The summed E-state index contributed by atoms with van der Waals surface area (Å²) in [6.07, 6.45) is 41.3. The highest BCUT2D eigenvalue weighted by molar-refractivity contribution is 4.72. The van der Waals surface area contributed by atoms with Crippen LogP contribution in [-0.4, -0.2) is 11.7 Å². The topological polar surface area (TPSA) is 20.2 Å². The molecule has 0 spiro atoms. The monoisotopic (exact) mass is 509 g/mol. The van der Waals surface area contributed by atoms with E-state index in [9.17, 15) is 0 Å². The predicted octanol–water partition coefficient (Wildman–Crippen LogP) is 12.6. The van der Waals surface area contributed by atoms with Crippen LogP contribution in [0.3, 0.4) is 0 Å². The van der Waals surface area contributed by atoms with Crippen LogP contribution in [0.25, 0.3) is 0 Å². The lowest BCUT2D eigenvalue weighted by Crippen LogP contribution is -2.16. The van der Waals surface area contributed by atoms with Crippen molar-refractivity contribution < 1.29 is 5.11 Å². The van der Waals surface area contributed by atoms with Crippen molar-refractivity contribution in [1.82, 2.24) is 0 Å². The van der Waals surface area contributed by atoms with E-state index in [0.29, 0.717) is 6.61 Å². The Bertz CT molecular complexity index is 343. The molecule has 1 heteroatoms. The Kier molecular flexibility index (Phi) is 31.1. The SMILES string of the molecule is CCCCCCCCCC(CCCCCCCC)C(CCCCCCCO)CCCCCCCCC. The first kappa shape index (κ1) is 36.0. The largest absolute Gasteiger partial charge is 0.396 e. The van der Waals surface area contributed by atoms with Crippen LogP contribution in [0.1, 0.15) is 207 Å².